The summed E-state index contributed by atoms with van der Waals surface area (Å²) in [5.74, 6) is 0. The predicted octanol–water partition coefficient (Wildman–Crippen LogP) is -1.54. The minimum absolute atomic E-state index is 0.262. The second-order valence-corrected chi connectivity index (χ2v) is 2.49. The molecule has 0 radical (unpaired) electrons. The number of aliphatic hydroxyl groups is 2. The molecule has 4 heteroatoms. The van der Waals surface area contributed by atoms with Crippen molar-refractivity contribution in [1.82, 2.24) is 0 Å². The summed E-state index contributed by atoms with van der Waals surface area (Å²) in [6, 6.07) is 0. The normalized spacial score (nSPS) is 41.7. The fourth-order valence-electron chi connectivity index (χ4n) is 1.06. The Kier molecular flexibility index (Phi) is 2.62. The van der Waals surface area contributed by atoms with Gasteiger partial charge in [-0.25, -0.2) is 0 Å². The molecule has 0 aliphatic carbocycles. The smallest absolute Gasteiger partial charge is 0.107 e. The van der Waals surface area contributed by atoms with Gasteiger partial charge in [0.15, 0.2) is 0 Å². The summed E-state index contributed by atoms with van der Waals surface area (Å²) in [4.78, 5) is 0. The van der Waals surface area contributed by atoms with Crippen molar-refractivity contribution in [3.63, 3.8) is 0 Å². The molecule has 1 aliphatic heterocycles. The predicted molar refractivity (Wildman–Crippen MR) is 35.4 cm³/mol. The van der Waals surface area contributed by atoms with Crippen molar-refractivity contribution in [3.05, 3.63) is 0 Å². The van der Waals surface area contributed by atoms with Crippen LogP contribution in [-0.4, -0.2) is 41.7 Å². The van der Waals surface area contributed by atoms with Crippen LogP contribution in [0.25, 0.3) is 0 Å². The van der Waals surface area contributed by atoms with Gasteiger partial charge in [0, 0.05) is 13.2 Å². The van der Waals surface area contributed by atoms with Crippen LogP contribution in [0.1, 0.15) is 6.42 Å². The molecule has 1 rings (SSSR count). The van der Waals surface area contributed by atoms with Crippen molar-refractivity contribution in [2.45, 2.75) is 24.7 Å². The van der Waals surface area contributed by atoms with Crippen LogP contribution in [0.15, 0.2) is 0 Å². The number of ether oxygens (including phenoxy) is 1. The number of aliphatic hydroxyl groups excluding tert-OH is 2. The second-order valence-electron chi connectivity index (χ2n) is 2.49. The molecule has 1 heterocycles. The Labute approximate surface area is 59.6 Å². The van der Waals surface area contributed by atoms with Crippen LogP contribution in [0.5, 0.6) is 0 Å². The van der Waals surface area contributed by atoms with Gasteiger partial charge < -0.3 is 20.7 Å². The fourth-order valence-corrected chi connectivity index (χ4v) is 1.06. The van der Waals surface area contributed by atoms with Crippen LogP contribution >= 0.6 is 0 Å². The Morgan fingerprint density at radius 3 is 2.70 bits per heavy atom. The molecule has 1 fully saturated rings. The molecule has 0 saturated carbocycles. The third-order valence-corrected chi connectivity index (χ3v) is 1.75. The topological polar surface area (TPSA) is 75.7 Å². The molecule has 1 aliphatic rings. The fraction of sp³-hybridized carbons (Fsp3) is 1.00. The molecule has 3 atom stereocenters. The van der Waals surface area contributed by atoms with Crippen molar-refractivity contribution in [1.29, 1.82) is 0 Å². The van der Waals surface area contributed by atoms with E-state index >= 15 is 0 Å². The lowest BCUT2D eigenvalue weighted by atomic mass is 10.0. The van der Waals surface area contributed by atoms with Crippen molar-refractivity contribution in [2.75, 3.05) is 13.2 Å². The van der Waals surface area contributed by atoms with Crippen molar-refractivity contribution in [3.8, 4) is 0 Å². The number of nitrogens with two attached hydrogens (primary N) is 1. The Morgan fingerprint density at radius 1 is 1.50 bits per heavy atom. The Hall–Kier alpha value is -0.160. The first-order valence-corrected chi connectivity index (χ1v) is 3.43. The van der Waals surface area contributed by atoms with E-state index in [2.05, 4.69) is 0 Å². The van der Waals surface area contributed by atoms with Gasteiger partial charge in [-0.1, -0.05) is 0 Å². The maximum Gasteiger partial charge on any atom is 0.107 e. The van der Waals surface area contributed by atoms with E-state index < -0.39 is 12.2 Å². The molecule has 1 saturated heterocycles. The molecule has 0 unspecified atom stereocenters. The average Bonchev–Trinajstić information content (AvgIpc) is 1.95. The molecule has 0 aromatic rings. The number of hydrogen-bond acceptors (Lipinski definition) is 4. The number of hydrogen-bond donors (Lipinski definition) is 3. The number of rotatable bonds is 1. The van der Waals surface area contributed by atoms with Gasteiger partial charge in [-0.2, -0.15) is 0 Å². The van der Waals surface area contributed by atoms with Gasteiger partial charge in [-0.15, -0.1) is 0 Å². The van der Waals surface area contributed by atoms with E-state index in [1.165, 1.54) is 0 Å². The van der Waals surface area contributed by atoms with E-state index in [9.17, 15) is 5.11 Å². The van der Waals surface area contributed by atoms with Gasteiger partial charge in [0.2, 0.25) is 0 Å². The zero-order valence-electron chi connectivity index (χ0n) is 5.73. The maximum absolute atomic E-state index is 9.18. The van der Waals surface area contributed by atoms with Gasteiger partial charge in [-0.3, -0.25) is 0 Å². The first kappa shape index (κ1) is 7.94. The van der Waals surface area contributed by atoms with E-state index in [0.29, 0.717) is 13.0 Å². The van der Waals surface area contributed by atoms with E-state index in [1.807, 2.05) is 0 Å². The van der Waals surface area contributed by atoms with Gasteiger partial charge in [-0.05, 0) is 6.42 Å². The zero-order valence-corrected chi connectivity index (χ0v) is 5.73. The van der Waals surface area contributed by atoms with Crippen LogP contribution in [0.2, 0.25) is 0 Å². The summed E-state index contributed by atoms with van der Waals surface area (Å²) in [7, 11) is 0. The molecule has 0 aromatic carbocycles. The minimum atomic E-state index is -0.807. The summed E-state index contributed by atoms with van der Waals surface area (Å²) < 4.78 is 5.07. The van der Waals surface area contributed by atoms with Crippen molar-refractivity contribution >= 4 is 0 Å². The van der Waals surface area contributed by atoms with Crippen LogP contribution in [0.3, 0.4) is 0 Å². The first-order chi connectivity index (χ1) is 4.75. The van der Waals surface area contributed by atoms with Gasteiger partial charge in [0.25, 0.3) is 0 Å². The van der Waals surface area contributed by atoms with Crippen LogP contribution in [0, 0.1) is 0 Å². The summed E-state index contributed by atoms with van der Waals surface area (Å²) in [6.07, 6.45) is -1.36. The van der Waals surface area contributed by atoms with Gasteiger partial charge in [0.05, 0.1) is 12.2 Å². The summed E-state index contributed by atoms with van der Waals surface area (Å²) in [5.41, 5.74) is 5.26. The summed E-state index contributed by atoms with van der Waals surface area (Å²) >= 11 is 0. The highest BCUT2D eigenvalue weighted by molar-refractivity contribution is 4.80. The molecule has 0 spiro atoms. The Morgan fingerprint density at radius 2 is 2.20 bits per heavy atom. The minimum Gasteiger partial charge on any atom is -0.390 e. The molecule has 0 aromatic heterocycles. The average molecular weight is 147 g/mol. The molecule has 10 heavy (non-hydrogen) atoms. The summed E-state index contributed by atoms with van der Waals surface area (Å²) in [5, 5.41) is 18.3. The van der Waals surface area contributed by atoms with E-state index in [4.69, 9.17) is 15.6 Å². The molecule has 0 amide bonds. The zero-order chi connectivity index (χ0) is 7.56. The van der Waals surface area contributed by atoms with E-state index in [-0.39, 0.29) is 12.6 Å². The molecular formula is C6H13NO3. The molecule has 4 N–H and O–H groups in total. The largest absolute Gasteiger partial charge is 0.390 e. The Balaban J connectivity index is 2.42. The molecule has 60 valence electrons. The molecular weight excluding hydrogens is 134 g/mol. The van der Waals surface area contributed by atoms with Crippen LogP contribution in [-0.2, 0) is 4.74 Å². The van der Waals surface area contributed by atoms with Crippen LogP contribution < -0.4 is 5.73 Å². The van der Waals surface area contributed by atoms with Gasteiger partial charge >= 0.3 is 0 Å². The third kappa shape index (κ3) is 1.46. The highest BCUT2D eigenvalue weighted by Gasteiger charge is 2.29. The standard InChI is InChI=1S/C6H13NO3/c7-3-5-6(9)4(8)1-2-10-5/h4-6,8-9H,1-3,7H2/t4-,5+,6-/m0/s1. The Bertz CT molecular complexity index is 109. The third-order valence-electron chi connectivity index (χ3n) is 1.75. The van der Waals surface area contributed by atoms with Crippen LogP contribution in [0.4, 0.5) is 0 Å². The van der Waals surface area contributed by atoms with E-state index in [1.54, 1.807) is 0 Å². The quantitative estimate of drug-likeness (QED) is 0.420. The highest BCUT2D eigenvalue weighted by Crippen LogP contribution is 2.13. The lowest BCUT2D eigenvalue weighted by Crippen LogP contribution is -2.47. The molecule has 4 nitrogen and oxygen atoms in total. The first-order valence-electron chi connectivity index (χ1n) is 3.43. The second kappa shape index (κ2) is 3.30. The molecule has 0 bridgehead atoms. The van der Waals surface area contributed by atoms with Crippen molar-refractivity contribution in [2.24, 2.45) is 5.73 Å². The van der Waals surface area contributed by atoms with E-state index in [0.717, 1.165) is 0 Å². The maximum atomic E-state index is 9.18. The van der Waals surface area contributed by atoms with Crippen molar-refractivity contribution < 1.29 is 14.9 Å². The highest BCUT2D eigenvalue weighted by atomic mass is 16.5. The SMILES string of the molecule is NC[C@H]1OCC[C@H](O)[C@@H]1O. The lowest BCUT2D eigenvalue weighted by Gasteiger charge is -2.30. The lowest BCUT2D eigenvalue weighted by molar-refractivity contribution is -0.130. The summed E-state index contributed by atoms with van der Waals surface area (Å²) in [6.45, 7) is 0.748. The van der Waals surface area contributed by atoms with Gasteiger partial charge in [0.1, 0.15) is 6.10 Å². The monoisotopic (exact) mass is 147 g/mol.